The maximum Gasteiger partial charge on any atom is 0.323 e. The normalized spacial score (nSPS) is 16.5. The quantitative estimate of drug-likeness (QED) is 0.676. The molecular formula is C12H22N2O4. The number of hydrogen-bond acceptors (Lipinski definition) is 4. The predicted molar refractivity (Wildman–Crippen MR) is 66.4 cm³/mol. The third-order valence-electron chi connectivity index (χ3n) is 3.02. The predicted octanol–water partition coefficient (Wildman–Crippen LogP) is 0.0782. The van der Waals surface area contributed by atoms with E-state index in [0.717, 1.165) is 25.9 Å². The van der Waals surface area contributed by atoms with Crippen molar-refractivity contribution in [1.29, 1.82) is 0 Å². The van der Waals surface area contributed by atoms with E-state index in [1.165, 1.54) is 4.90 Å². The van der Waals surface area contributed by atoms with Crippen molar-refractivity contribution >= 4 is 11.9 Å². The molecule has 1 rings (SSSR count). The Morgan fingerprint density at radius 1 is 1.39 bits per heavy atom. The number of likely N-dealkylation sites (N-methyl/N-ethyl adjacent to an activating group) is 1. The Kier molecular flexibility index (Phi) is 6.67. The number of carboxylic acids is 1. The molecule has 0 aromatic carbocycles. The van der Waals surface area contributed by atoms with Crippen molar-refractivity contribution in [3.05, 3.63) is 0 Å². The molecule has 18 heavy (non-hydrogen) atoms. The standard InChI is InChI=1S/C12H22N2O4/c1-2-14(9-12(16)17)11(15)5-8-18-10-3-6-13-7-4-10/h10,13H,2-9H2,1H3,(H,16,17). The van der Waals surface area contributed by atoms with Crippen LogP contribution >= 0.6 is 0 Å². The Hall–Kier alpha value is -1.14. The molecule has 1 fully saturated rings. The number of ether oxygens (including phenoxy) is 1. The molecule has 1 heterocycles. The first kappa shape index (κ1) is 14.9. The fraction of sp³-hybridized carbons (Fsp3) is 0.833. The first-order chi connectivity index (χ1) is 8.63. The molecule has 1 aliphatic heterocycles. The van der Waals surface area contributed by atoms with E-state index in [1.807, 2.05) is 0 Å². The summed E-state index contributed by atoms with van der Waals surface area (Å²) in [5.74, 6) is -1.14. The molecule has 0 unspecified atom stereocenters. The van der Waals surface area contributed by atoms with Crippen LogP contribution in [0.3, 0.4) is 0 Å². The Labute approximate surface area is 107 Å². The molecule has 0 aromatic heterocycles. The molecule has 6 nitrogen and oxygen atoms in total. The minimum atomic E-state index is -0.982. The SMILES string of the molecule is CCN(CC(=O)O)C(=O)CCOC1CCNCC1. The Bertz CT molecular complexity index is 277. The summed E-state index contributed by atoms with van der Waals surface area (Å²) in [6.07, 6.45) is 2.43. The van der Waals surface area contributed by atoms with Crippen LogP contribution in [-0.4, -0.2) is 60.8 Å². The van der Waals surface area contributed by atoms with Gasteiger partial charge in [-0.1, -0.05) is 0 Å². The van der Waals surface area contributed by atoms with E-state index >= 15 is 0 Å². The van der Waals surface area contributed by atoms with Gasteiger partial charge in [-0.3, -0.25) is 9.59 Å². The number of carbonyl (C=O) groups excluding carboxylic acids is 1. The zero-order chi connectivity index (χ0) is 13.4. The number of rotatable bonds is 7. The second-order valence-corrected chi connectivity index (χ2v) is 4.37. The van der Waals surface area contributed by atoms with Gasteiger partial charge in [0.05, 0.1) is 19.1 Å². The largest absolute Gasteiger partial charge is 0.480 e. The van der Waals surface area contributed by atoms with Crippen molar-refractivity contribution in [2.75, 3.05) is 32.8 Å². The van der Waals surface area contributed by atoms with Crippen molar-refractivity contribution in [1.82, 2.24) is 10.2 Å². The highest BCUT2D eigenvalue weighted by molar-refractivity contribution is 5.81. The van der Waals surface area contributed by atoms with Crippen molar-refractivity contribution in [2.45, 2.75) is 32.3 Å². The highest BCUT2D eigenvalue weighted by Crippen LogP contribution is 2.07. The number of nitrogens with one attached hydrogen (secondary N) is 1. The van der Waals surface area contributed by atoms with Crippen molar-refractivity contribution < 1.29 is 19.4 Å². The molecule has 0 atom stereocenters. The number of aliphatic carboxylic acids is 1. The number of amides is 1. The lowest BCUT2D eigenvalue weighted by atomic mass is 10.1. The lowest BCUT2D eigenvalue weighted by Crippen LogP contribution is -2.37. The molecule has 0 spiro atoms. The van der Waals surface area contributed by atoms with Gasteiger partial charge in [0.15, 0.2) is 0 Å². The van der Waals surface area contributed by atoms with Crippen LogP contribution in [0.4, 0.5) is 0 Å². The van der Waals surface area contributed by atoms with Crippen LogP contribution < -0.4 is 5.32 Å². The van der Waals surface area contributed by atoms with Gasteiger partial charge >= 0.3 is 5.97 Å². The Morgan fingerprint density at radius 2 is 2.06 bits per heavy atom. The zero-order valence-corrected chi connectivity index (χ0v) is 10.9. The summed E-state index contributed by atoms with van der Waals surface area (Å²) in [5.41, 5.74) is 0. The summed E-state index contributed by atoms with van der Waals surface area (Å²) in [6, 6.07) is 0. The van der Waals surface area contributed by atoms with Crippen LogP contribution in [-0.2, 0) is 14.3 Å². The van der Waals surface area contributed by atoms with E-state index in [9.17, 15) is 9.59 Å². The molecule has 0 bridgehead atoms. The lowest BCUT2D eigenvalue weighted by Gasteiger charge is -2.23. The van der Waals surface area contributed by atoms with Crippen LogP contribution in [0.25, 0.3) is 0 Å². The summed E-state index contributed by atoms with van der Waals surface area (Å²) in [7, 11) is 0. The first-order valence-electron chi connectivity index (χ1n) is 6.45. The summed E-state index contributed by atoms with van der Waals surface area (Å²) >= 11 is 0. The minimum Gasteiger partial charge on any atom is -0.480 e. The molecule has 1 amide bonds. The Morgan fingerprint density at radius 3 is 2.61 bits per heavy atom. The molecule has 6 heteroatoms. The van der Waals surface area contributed by atoms with Crippen LogP contribution in [0.5, 0.6) is 0 Å². The van der Waals surface area contributed by atoms with Gasteiger partial charge in [-0.25, -0.2) is 0 Å². The number of piperidine rings is 1. The molecule has 0 aliphatic carbocycles. The minimum absolute atomic E-state index is 0.158. The van der Waals surface area contributed by atoms with E-state index in [4.69, 9.17) is 9.84 Å². The van der Waals surface area contributed by atoms with E-state index in [-0.39, 0.29) is 25.0 Å². The second-order valence-electron chi connectivity index (χ2n) is 4.37. The molecular weight excluding hydrogens is 236 g/mol. The van der Waals surface area contributed by atoms with E-state index in [2.05, 4.69) is 5.32 Å². The van der Waals surface area contributed by atoms with Gasteiger partial charge in [-0.15, -0.1) is 0 Å². The topological polar surface area (TPSA) is 78.9 Å². The maximum atomic E-state index is 11.7. The highest BCUT2D eigenvalue weighted by Gasteiger charge is 2.17. The van der Waals surface area contributed by atoms with Crippen molar-refractivity contribution in [3.63, 3.8) is 0 Å². The average molecular weight is 258 g/mol. The molecule has 0 aromatic rings. The third kappa shape index (κ3) is 5.46. The van der Waals surface area contributed by atoms with Gasteiger partial charge in [-0.05, 0) is 32.9 Å². The van der Waals surface area contributed by atoms with Crippen LogP contribution in [0.2, 0.25) is 0 Å². The molecule has 104 valence electrons. The van der Waals surface area contributed by atoms with Gasteiger partial charge in [0.25, 0.3) is 0 Å². The number of carbonyl (C=O) groups is 2. The van der Waals surface area contributed by atoms with Gasteiger partial charge in [0.2, 0.25) is 5.91 Å². The van der Waals surface area contributed by atoms with Gasteiger partial charge in [0.1, 0.15) is 6.54 Å². The lowest BCUT2D eigenvalue weighted by molar-refractivity contribution is -0.145. The zero-order valence-electron chi connectivity index (χ0n) is 10.9. The summed E-state index contributed by atoms with van der Waals surface area (Å²) in [4.78, 5) is 23.6. The van der Waals surface area contributed by atoms with Gasteiger partial charge in [-0.2, -0.15) is 0 Å². The number of hydrogen-bond donors (Lipinski definition) is 2. The number of carboxylic acid groups (broad SMARTS) is 1. The molecule has 1 saturated heterocycles. The summed E-state index contributed by atoms with van der Waals surface area (Å²) < 4.78 is 5.62. The molecule has 0 radical (unpaired) electrons. The van der Waals surface area contributed by atoms with Crippen LogP contribution in [0.15, 0.2) is 0 Å². The first-order valence-corrected chi connectivity index (χ1v) is 6.45. The molecule has 0 saturated carbocycles. The highest BCUT2D eigenvalue weighted by atomic mass is 16.5. The average Bonchev–Trinajstić information content (AvgIpc) is 2.36. The second kappa shape index (κ2) is 8.05. The fourth-order valence-corrected chi connectivity index (χ4v) is 1.97. The van der Waals surface area contributed by atoms with Gasteiger partial charge < -0.3 is 20.1 Å². The fourth-order valence-electron chi connectivity index (χ4n) is 1.97. The molecule has 2 N–H and O–H groups in total. The van der Waals surface area contributed by atoms with Gasteiger partial charge in [0, 0.05) is 6.54 Å². The van der Waals surface area contributed by atoms with Crippen molar-refractivity contribution in [3.8, 4) is 0 Å². The van der Waals surface area contributed by atoms with Crippen LogP contribution in [0, 0.1) is 0 Å². The smallest absolute Gasteiger partial charge is 0.323 e. The van der Waals surface area contributed by atoms with E-state index in [1.54, 1.807) is 6.92 Å². The third-order valence-corrected chi connectivity index (χ3v) is 3.02. The summed E-state index contributed by atoms with van der Waals surface area (Å²) in [6.45, 7) is 4.24. The number of nitrogens with zero attached hydrogens (tertiary/aromatic N) is 1. The maximum absolute atomic E-state index is 11.7. The monoisotopic (exact) mass is 258 g/mol. The Balaban J connectivity index is 2.20. The van der Waals surface area contributed by atoms with Crippen LogP contribution in [0.1, 0.15) is 26.2 Å². The van der Waals surface area contributed by atoms with E-state index < -0.39 is 5.97 Å². The van der Waals surface area contributed by atoms with E-state index in [0.29, 0.717) is 13.2 Å². The van der Waals surface area contributed by atoms with Crippen molar-refractivity contribution in [2.24, 2.45) is 0 Å². The molecule has 1 aliphatic rings. The summed E-state index contributed by atoms with van der Waals surface area (Å²) in [5, 5.41) is 11.9.